The molecule has 2 heterocycles. The maximum atomic E-state index is 12.9. The molecule has 1 atom stereocenters. The summed E-state index contributed by atoms with van der Waals surface area (Å²) in [6, 6.07) is 5.93. The van der Waals surface area contributed by atoms with Gasteiger partial charge in [0.25, 0.3) is 11.8 Å². The van der Waals surface area contributed by atoms with Crippen LogP contribution in [0.3, 0.4) is 0 Å². The van der Waals surface area contributed by atoms with E-state index < -0.39 is 6.04 Å². The van der Waals surface area contributed by atoms with Crippen molar-refractivity contribution in [1.29, 1.82) is 0 Å². The van der Waals surface area contributed by atoms with Crippen molar-refractivity contribution >= 4 is 17.7 Å². The van der Waals surface area contributed by atoms with Crippen LogP contribution >= 0.6 is 0 Å². The molecule has 0 aliphatic carbocycles. The highest BCUT2D eigenvalue weighted by molar-refractivity contribution is 6.22. The van der Waals surface area contributed by atoms with E-state index in [-0.39, 0.29) is 23.6 Å². The van der Waals surface area contributed by atoms with Gasteiger partial charge < -0.3 is 9.64 Å². The average molecular weight is 316 g/mol. The van der Waals surface area contributed by atoms with E-state index in [4.69, 9.17) is 4.74 Å². The molecule has 1 fully saturated rings. The quantitative estimate of drug-likeness (QED) is 0.785. The van der Waals surface area contributed by atoms with Gasteiger partial charge in [-0.05, 0) is 18.1 Å². The van der Waals surface area contributed by atoms with E-state index in [1.807, 2.05) is 13.8 Å². The standard InChI is InChI=1S/C17H20N2O4/c1-11(2)14(17(22)18-7-9-23-10-8-18)19-15(20)12-5-3-4-6-13(12)16(19)21/h3-6,11,14H,7-10H2,1-2H3/t14-/m0/s1. The maximum absolute atomic E-state index is 12.9. The zero-order valence-electron chi connectivity index (χ0n) is 13.3. The molecule has 0 N–H and O–H groups in total. The molecule has 2 aliphatic rings. The second-order valence-corrected chi connectivity index (χ2v) is 6.15. The van der Waals surface area contributed by atoms with E-state index in [0.717, 1.165) is 4.90 Å². The van der Waals surface area contributed by atoms with Gasteiger partial charge in [0.05, 0.1) is 24.3 Å². The summed E-state index contributed by atoms with van der Waals surface area (Å²) < 4.78 is 5.27. The topological polar surface area (TPSA) is 66.9 Å². The van der Waals surface area contributed by atoms with Crippen molar-refractivity contribution in [3.63, 3.8) is 0 Å². The van der Waals surface area contributed by atoms with Crippen LogP contribution in [0.4, 0.5) is 0 Å². The molecular weight excluding hydrogens is 296 g/mol. The molecule has 0 unspecified atom stereocenters. The van der Waals surface area contributed by atoms with Crippen LogP contribution < -0.4 is 0 Å². The van der Waals surface area contributed by atoms with Crippen LogP contribution in [-0.2, 0) is 9.53 Å². The van der Waals surface area contributed by atoms with Gasteiger partial charge in [-0.3, -0.25) is 19.3 Å². The van der Waals surface area contributed by atoms with E-state index >= 15 is 0 Å². The summed E-state index contributed by atoms with van der Waals surface area (Å²) in [7, 11) is 0. The van der Waals surface area contributed by atoms with Gasteiger partial charge in [0, 0.05) is 13.1 Å². The van der Waals surface area contributed by atoms with Gasteiger partial charge in [0.15, 0.2) is 0 Å². The van der Waals surface area contributed by atoms with Gasteiger partial charge in [0.2, 0.25) is 5.91 Å². The lowest BCUT2D eigenvalue weighted by Gasteiger charge is -2.35. The van der Waals surface area contributed by atoms with Crippen LogP contribution in [0, 0.1) is 5.92 Å². The summed E-state index contributed by atoms with van der Waals surface area (Å²) in [5.41, 5.74) is 0.746. The fourth-order valence-corrected chi connectivity index (χ4v) is 3.13. The predicted octanol–water partition coefficient (Wildman–Crippen LogP) is 1.17. The van der Waals surface area contributed by atoms with Crippen molar-refractivity contribution in [3.05, 3.63) is 35.4 Å². The van der Waals surface area contributed by atoms with Crippen LogP contribution in [0.15, 0.2) is 24.3 Å². The van der Waals surface area contributed by atoms with Crippen molar-refractivity contribution < 1.29 is 19.1 Å². The highest BCUT2D eigenvalue weighted by Gasteiger charge is 2.45. The Balaban J connectivity index is 1.92. The van der Waals surface area contributed by atoms with Gasteiger partial charge in [-0.2, -0.15) is 0 Å². The second kappa shape index (κ2) is 6.12. The fourth-order valence-electron chi connectivity index (χ4n) is 3.13. The Morgan fingerprint density at radius 3 is 2.04 bits per heavy atom. The Hall–Kier alpha value is -2.21. The molecule has 0 aromatic heterocycles. The van der Waals surface area contributed by atoms with Crippen LogP contribution in [0.5, 0.6) is 0 Å². The smallest absolute Gasteiger partial charge is 0.262 e. The van der Waals surface area contributed by atoms with Gasteiger partial charge in [-0.25, -0.2) is 0 Å². The molecule has 0 radical (unpaired) electrons. The first-order valence-corrected chi connectivity index (χ1v) is 7.86. The third-order valence-electron chi connectivity index (χ3n) is 4.31. The molecule has 0 spiro atoms. The first-order chi connectivity index (χ1) is 11.0. The summed E-state index contributed by atoms with van der Waals surface area (Å²) in [6.07, 6.45) is 0. The minimum atomic E-state index is -0.777. The monoisotopic (exact) mass is 316 g/mol. The van der Waals surface area contributed by atoms with E-state index in [0.29, 0.717) is 37.4 Å². The normalized spacial score (nSPS) is 19.3. The maximum Gasteiger partial charge on any atom is 0.262 e. The SMILES string of the molecule is CC(C)[C@@H](C(=O)N1CCOCC1)N1C(=O)c2ccccc2C1=O. The van der Waals surface area contributed by atoms with Crippen molar-refractivity contribution in [2.24, 2.45) is 5.92 Å². The Bertz CT molecular complexity index is 615. The molecule has 6 heteroatoms. The molecule has 0 bridgehead atoms. The summed E-state index contributed by atoms with van der Waals surface area (Å²) in [4.78, 5) is 41.0. The van der Waals surface area contributed by atoms with Gasteiger partial charge >= 0.3 is 0 Å². The molecule has 1 saturated heterocycles. The number of imide groups is 1. The summed E-state index contributed by atoms with van der Waals surface area (Å²) in [5.74, 6) is -1.11. The lowest BCUT2D eigenvalue weighted by Crippen LogP contribution is -2.55. The van der Waals surface area contributed by atoms with Crippen molar-refractivity contribution in [2.45, 2.75) is 19.9 Å². The fraction of sp³-hybridized carbons (Fsp3) is 0.471. The first-order valence-electron chi connectivity index (χ1n) is 7.86. The number of morpholine rings is 1. The Morgan fingerprint density at radius 2 is 1.57 bits per heavy atom. The largest absolute Gasteiger partial charge is 0.378 e. The van der Waals surface area contributed by atoms with E-state index in [1.165, 1.54) is 0 Å². The zero-order valence-corrected chi connectivity index (χ0v) is 13.3. The number of nitrogens with zero attached hydrogens (tertiary/aromatic N) is 2. The number of amides is 3. The number of rotatable bonds is 3. The zero-order chi connectivity index (χ0) is 16.6. The van der Waals surface area contributed by atoms with Crippen LogP contribution in [-0.4, -0.2) is 59.9 Å². The van der Waals surface area contributed by atoms with Crippen LogP contribution in [0.2, 0.25) is 0 Å². The second-order valence-electron chi connectivity index (χ2n) is 6.15. The van der Waals surface area contributed by atoms with Crippen molar-refractivity contribution in [2.75, 3.05) is 26.3 Å². The van der Waals surface area contributed by atoms with Crippen molar-refractivity contribution in [3.8, 4) is 0 Å². The lowest BCUT2D eigenvalue weighted by atomic mass is 10.0. The van der Waals surface area contributed by atoms with E-state index in [2.05, 4.69) is 0 Å². The summed E-state index contributed by atoms with van der Waals surface area (Å²) in [5, 5.41) is 0. The highest BCUT2D eigenvalue weighted by Crippen LogP contribution is 2.28. The Morgan fingerprint density at radius 1 is 1.04 bits per heavy atom. The summed E-state index contributed by atoms with van der Waals surface area (Å²) in [6.45, 7) is 5.66. The number of hydrogen-bond acceptors (Lipinski definition) is 4. The predicted molar refractivity (Wildman–Crippen MR) is 83.0 cm³/mol. The van der Waals surface area contributed by atoms with E-state index in [1.54, 1.807) is 29.2 Å². The number of carbonyl (C=O) groups excluding carboxylic acids is 3. The minimum Gasteiger partial charge on any atom is -0.378 e. The number of carbonyl (C=O) groups is 3. The molecule has 1 aromatic carbocycles. The molecule has 3 rings (SSSR count). The number of fused-ring (bicyclic) bond motifs is 1. The molecule has 6 nitrogen and oxygen atoms in total. The molecule has 3 amide bonds. The van der Waals surface area contributed by atoms with Crippen LogP contribution in [0.1, 0.15) is 34.6 Å². The van der Waals surface area contributed by atoms with Gasteiger partial charge in [0.1, 0.15) is 6.04 Å². The Kier molecular flexibility index (Phi) is 4.17. The first kappa shape index (κ1) is 15.7. The molecule has 23 heavy (non-hydrogen) atoms. The Labute approximate surface area is 135 Å². The molecule has 1 aromatic rings. The molecule has 0 saturated carbocycles. The third kappa shape index (κ3) is 2.63. The average Bonchev–Trinajstić information content (AvgIpc) is 2.81. The molecule has 122 valence electrons. The number of ether oxygens (including phenoxy) is 1. The van der Waals surface area contributed by atoms with Crippen LogP contribution in [0.25, 0.3) is 0 Å². The molecular formula is C17H20N2O4. The van der Waals surface area contributed by atoms with Crippen molar-refractivity contribution in [1.82, 2.24) is 9.80 Å². The third-order valence-corrected chi connectivity index (χ3v) is 4.31. The van der Waals surface area contributed by atoms with Gasteiger partial charge in [-0.15, -0.1) is 0 Å². The number of benzene rings is 1. The number of hydrogen-bond donors (Lipinski definition) is 0. The summed E-state index contributed by atoms with van der Waals surface area (Å²) >= 11 is 0. The minimum absolute atomic E-state index is 0.160. The molecule has 2 aliphatic heterocycles. The van der Waals surface area contributed by atoms with E-state index in [9.17, 15) is 14.4 Å². The van der Waals surface area contributed by atoms with Gasteiger partial charge in [-0.1, -0.05) is 26.0 Å². The lowest BCUT2D eigenvalue weighted by molar-refractivity contribution is -0.140. The highest BCUT2D eigenvalue weighted by atomic mass is 16.5.